The van der Waals surface area contributed by atoms with Gasteiger partial charge in [0.05, 0.1) is 10.8 Å². The van der Waals surface area contributed by atoms with Crippen molar-refractivity contribution in [2.45, 2.75) is 108 Å². The van der Waals surface area contributed by atoms with Crippen LogP contribution in [0.4, 0.5) is 0 Å². The molecule has 3 rings (SSSR count). The Morgan fingerprint density at radius 2 is 1.82 bits per heavy atom. The van der Waals surface area contributed by atoms with Crippen molar-refractivity contribution in [3.63, 3.8) is 0 Å². The quantitative estimate of drug-likeness (QED) is 0.289. The molecule has 218 valence electrons. The highest BCUT2D eigenvalue weighted by molar-refractivity contribution is 7.89. The summed E-state index contributed by atoms with van der Waals surface area (Å²) >= 11 is 0. The Labute approximate surface area is 234 Å². The summed E-state index contributed by atoms with van der Waals surface area (Å²) in [5, 5.41) is 22.7. The van der Waals surface area contributed by atoms with Crippen molar-refractivity contribution in [3.05, 3.63) is 29.8 Å². The van der Waals surface area contributed by atoms with Crippen LogP contribution in [0.5, 0.6) is 0 Å². The summed E-state index contributed by atoms with van der Waals surface area (Å²) in [5.74, 6) is -1.67. The fraction of sp³-hybridized carbons (Fsp3) is 0.714. The lowest BCUT2D eigenvalue weighted by molar-refractivity contribution is -0.142. The van der Waals surface area contributed by atoms with Gasteiger partial charge in [0, 0.05) is 6.54 Å². The van der Waals surface area contributed by atoms with E-state index < -0.39 is 46.5 Å². The van der Waals surface area contributed by atoms with Gasteiger partial charge in [0.25, 0.3) is 0 Å². The Kier molecular flexibility index (Phi) is 10.6. The number of carbonyl (C=O) groups is 2. The molecule has 1 aromatic carbocycles. The molecule has 2 aliphatic rings. The van der Waals surface area contributed by atoms with Crippen LogP contribution >= 0.6 is 0 Å². The summed E-state index contributed by atoms with van der Waals surface area (Å²) in [6.45, 7) is 9.54. The summed E-state index contributed by atoms with van der Waals surface area (Å²) < 4.78 is 29.6. The molecule has 4 N–H and O–H groups in total. The highest BCUT2D eigenvalue weighted by atomic mass is 32.2. The lowest BCUT2D eigenvalue weighted by Crippen LogP contribution is -2.60. The van der Waals surface area contributed by atoms with Gasteiger partial charge in [-0.15, -0.1) is 0 Å². The van der Waals surface area contributed by atoms with Crippen LogP contribution in [0.2, 0.25) is 0 Å². The van der Waals surface area contributed by atoms with Gasteiger partial charge in [0.1, 0.15) is 11.6 Å². The minimum Gasteiger partial charge on any atom is -0.426 e. The SMILES string of the molecule is Cc1cccc(S(=O)(=O)N[C@]2(C(C)C)CCN([C@H](CC3CCCCC3)C(=O)N[C@@H](CC(C)C)B(O)O)C2=O)c1. The largest absolute Gasteiger partial charge is 0.475 e. The first-order chi connectivity index (χ1) is 18.3. The fourth-order valence-electron chi connectivity index (χ4n) is 6.04. The molecule has 1 saturated carbocycles. The first kappa shape index (κ1) is 31.6. The number of amides is 2. The van der Waals surface area contributed by atoms with Crippen molar-refractivity contribution >= 4 is 29.0 Å². The molecule has 2 amide bonds. The normalized spacial score (nSPS) is 22.4. The number of sulfonamides is 1. The number of likely N-dealkylation sites (tertiary alicyclic amines) is 1. The Bertz CT molecular complexity index is 1110. The molecule has 2 fully saturated rings. The first-order valence-electron chi connectivity index (χ1n) is 14.3. The third kappa shape index (κ3) is 7.62. The van der Waals surface area contributed by atoms with E-state index in [0.29, 0.717) is 12.8 Å². The minimum atomic E-state index is -4.01. The Balaban J connectivity index is 1.91. The fourth-order valence-corrected chi connectivity index (χ4v) is 7.67. The number of hydrogen-bond donors (Lipinski definition) is 4. The van der Waals surface area contributed by atoms with Gasteiger partial charge in [-0.2, -0.15) is 4.72 Å². The van der Waals surface area contributed by atoms with Crippen LogP contribution < -0.4 is 10.0 Å². The molecule has 0 bridgehead atoms. The minimum absolute atomic E-state index is 0.0961. The Morgan fingerprint density at radius 1 is 1.15 bits per heavy atom. The standard InChI is InChI=1S/C28H46BN3O6S/c1-19(2)16-25(29(35)36)30-26(33)24(18-22-11-7-6-8-12-22)32-15-14-28(20(3)4,27(32)34)31-39(37,38)23-13-9-10-21(5)17-23/h9-10,13,17,19-20,22,24-25,31,35-36H,6-8,11-12,14-16,18H2,1-5H3,(H,30,33)/t24-,25+,28+/m1/s1. The van der Waals surface area contributed by atoms with Crippen molar-refractivity contribution in [1.82, 2.24) is 14.9 Å². The predicted molar refractivity (Wildman–Crippen MR) is 152 cm³/mol. The average Bonchev–Trinajstić information content (AvgIpc) is 3.18. The zero-order valence-electron chi connectivity index (χ0n) is 24.0. The summed E-state index contributed by atoms with van der Waals surface area (Å²) in [4.78, 5) is 29.5. The molecule has 1 heterocycles. The molecule has 0 unspecified atom stereocenters. The van der Waals surface area contributed by atoms with Gasteiger partial charge in [0.15, 0.2) is 0 Å². The zero-order chi connectivity index (χ0) is 29.0. The first-order valence-corrected chi connectivity index (χ1v) is 15.8. The summed E-state index contributed by atoms with van der Waals surface area (Å²) in [5.41, 5.74) is -0.594. The lowest BCUT2D eigenvalue weighted by atomic mass is 9.74. The number of nitrogens with one attached hydrogen (secondary N) is 2. The van der Waals surface area contributed by atoms with Gasteiger partial charge in [0.2, 0.25) is 21.8 Å². The van der Waals surface area contributed by atoms with E-state index in [9.17, 15) is 28.1 Å². The average molecular weight is 564 g/mol. The molecule has 11 heteroatoms. The second-order valence-electron chi connectivity index (χ2n) is 12.2. The second kappa shape index (κ2) is 13.1. The van der Waals surface area contributed by atoms with Crippen LogP contribution in [0.3, 0.4) is 0 Å². The van der Waals surface area contributed by atoms with Crippen molar-refractivity contribution in [2.75, 3.05) is 6.54 Å². The van der Waals surface area contributed by atoms with Crippen molar-refractivity contribution in [2.24, 2.45) is 17.8 Å². The number of hydrogen-bond acceptors (Lipinski definition) is 6. The van der Waals surface area contributed by atoms with E-state index in [2.05, 4.69) is 10.0 Å². The molecule has 0 radical (unpaired) electrons. The highest BCUT2D eigenvalue weighted by Gasteiger charge is 2.54. The molecule has 1 aliphatic carbocycles. The van der Waals surface area contributed by atoms with Crippen molar-refractivity contribution in [1.29, 1.82) is 0 Å². The molecule has 39 heavy (non-hydrogen) atoms. The maximum Gasteiger partial charge on any atom is 0.475 e. The summed E-state index contributed by atoms with van der Waals surface area (Å²) in [6, 6.07) is 5.74. The van der Waals surface area contributed by atoms with Gasteiger partial charge >= 0.3 is 7.12 Å². The molecule has 1 saturated heterocycles. The lowest BCUT2D eigenvalue weighted by Gasteiger charge is -2.36. The molecule has 1 aromatic rings. The maximum atomic E-state index is 14.2. The van der Waals surface area contributed by atoms with E-state index >= 15 is 0 Å². The monoisotopic (exact) mass is 563 g/mol. The Hall–Kier alpha value is -1.95. The Morgan fingerprint density at radius 3 is 2.38 bits per heavy atom. The predicted octanol–water partition coefficient (Wildman–Crippen LogP) is 2.78. The van der Waals surface area contributed by atoms with E-state index in [1.54, 1.807) is 12.1 Å². The summed E-state index contributed by atoms with van der Waals surface area (Å²) in [6.07, 6.45) is 6.32. The number of nitrogens with zero attached hydrogens (tertiary/aromatic N) is 1. The van der Waals surface area contributed by atoms with E-state index in [1.807, 2.05) is 40.7 Å². The molecule has 1 aliphatic heterocycles. The molecular formula is C28H46BN3O6S. The summed E-state index contributed by atoms with van der Waals surface area (Å²) in [7, 11) is -5.73. The van der Waals surface area contributed by atoms with Crippen LogP contribution in [0, 0.1) is 24.7 Å². The van der Waals surface area contributed by atoms with Gasteiger partial charge in [-0.05, 0) is 61.6 Å². The third-order valence-corrected chi connectivity index (χ3v) is 9.87. The van der Waals surface area contributed by atoms with Crippen LogP contribution in [-0.4, -0.2) is 66.4 Å². The van der Waals surface area contributed by atoms with E-state index in [1.165, 1.54) is 11.0 Å². The second-order valence-corrected chi connectivity index (χ2v) is 13.9. The topological polar surface area (TPSA) is 136 Å². The van der Waals surface area contributed by atoms with Crippen LogP contribution in [-0.2, 0) is 19.6 Å². The molecular weight excluding hydrogens is 517 g/mol. The number of aryl methyl sites for hydroxylation is 1. The van der Waals surface area contributed by atoms with Gasteiger partial charge in [-0.25, -0.2) is 8.42 Å². The van der Waals surface area contributed by atoms with Crippen molar-refractivity contribution < 1.29 is 28.1 Å². The van der Waals surface area contributed by atoms with Gasteiger partial charge < -0.3 is 20.3 Å². The zero-order valence-corrected chi connectivity index (χ0v) is 24.8. The smallest absolute Gasteiger partial charge is 0.426 e. The van der Waals surface area contributed by atoms with Gasteiger partial charge in [-0.1, -0.05) is 71.9 Å². The van der Waals surface area contributed by atoms with E-state index in [0.717, 1.165) is 37.7 Å². The van der Waals surface area contributed by atoms with Crippen LogP contribution in [0.1, 0.15) is 84.6 Å². The molecule has 0 spiro atoms. The maximum absolute atomic E-state index is 14.2. The number of rotatable bonds is 12. The van der Waals surface area contributed by atoms with Crippen molar-refractivity contribution in [3.8, 4) is 0 Å². The van der Waals surface area contributed by atoms with Crippen LogP contribution in [0.25, 0.3) is 0 Å². The molecule has 0 aromatic heterocycles. The van der Waals surface area contributed by atoms with Crippen LogP contribution in [0.15, 0.2) is 29.2 Å². The third-order valence-electron chi connectivity index (χ3n) is 8.36. The highest BCUT2D eigenvalue weighted by Crippen LogP contribution is 2.36. The van der Waals surface area contributed by atoms with E-state index in [4.69, 9.17) is 0 Å². The number of carbonyl (C=O) groups excluding carboxylic acids is 2. The van der Waals surface area contributed by atoms with Gasteiger partial charge in [-0.3, -0.25) is 9.59 Å². The molecule has 3 atom stereocenters. The number of benzene rings is 1. The van der Waals surface area contributed by atoms with E-state index in [-0.39, 0.29) is 35.6 Å². The molecule has 9 nitrogen and oxygen atoms in total.